The number of nitrogens with one attached hydrogen (secondary N) is 1. The average Bonchev–Trinajstić information content (AvgIpc) is 2.48. The zero-order valence-electron chi connectivity index (χ0n) is 11.3. The minimum Gasteiger partial charge on any atom is -0.342 e. The van der Waals surface area contributed by atoms with Crippen LogP contribution in [0.15, 0.2) is 4.79 Å². The standard InChI is InChI=1S/C13H21N5O/c19-13-15-11(17-7-3-1-4-8-17)14-12(16-13)18-9-5-2-6-10-18/h1-10H2,(H,14,15,16,19). The summed E-state index contributed by atoms with van der Waals surface area (Å²) >= 11 is 0. The van der Waals surface area contributed by atoms with Crippen molar-refractivity contribution in [3.8, 4) is 0 Å². The van der Waals surface area contributed by atoms with Crippen molar-refractivity contribution in [1.82, 2.24) is 15.0 Å². The van der Waals surface area contributed by atoms with Crippen molar-refractivity contribution in [3.63, 3.8) is 0 Å². The molecule has 0 aromatic carbocycles. The van der Waals surface area contributed by atoms with Gasteiger partial charge in [-0.05, 0) is 38.5 Å². The molecule has 2 aliphatic heterocycles. The molecule has 2 aliphatic rings. The van der Waals surface area contributed by atoms with E-state index in [1.165, 1.54) is 25.7 Å². The molecule has 6 nitrogen and oxygen atoms in total. The molecule has 0 unspecified atom stereocenters. The van der Waals surface area contributed by atoms with Gasteiger partial charge in [-0.2, -0.15) is 9.97 Å². The first kappa shape index (κ1) is 12.4. The second kappa shape index (κ2) is 5.59. The smallest absolute Gasteiger partial charge is 0.342 e. The summed E-state index contributed by atoms with van der Waals surface area (Å²) in [5, 5.41) is 0. The zero-order chi connectivity index (χ0) is 13.1. The third-order valence-corrected chi connectivity index (χ3v) is 3.92. The fourth-order valence-electron chi connectivity index (χ4n) is 2.85. The highest BCUT2D eigenvalue weighted by atomic mass is 16.1. The summed E-state index contributed by atoms with van der Waals surface area (Å²) in [5.74, 6) is 1.30. The van der Waals surface area contributed by atoms with Gasteiger partial charge in [0, 0.05) is 26.2 Å². The summed E-state index contributed by atoms with van der Waals surface area (Å²) in [6.45, 7) is 3.88. The minimum absolute atomic E-state index is 0.281. The summed E-state index contributed by atoms with van der Waals surface area (Å²) in [5.41, 5.74) is -0.281. The van der Waals surface area contributed by atoms with Gasteiger partial charge in [-0.25, -0.2) is 4.79 Å². The number of rotatable bonds is 2. The van der Waals surface area contributed by atoms with E-state index in [9.17, 15) is 4.79 Å². The molecule has 0 radical (unpaired) electrons. The molecule has 3 rings (SSSR count). The Kier molecular flexibility index (Phi) is 3.66. The molecule has 104 valence electrons. The molecule has 6 heteroatoms. The number of hydrogen-bond acceptors (Lipinski definition) is 5. The number of H-pyrrole nitrogens is 1. The maximum absolute atomic E-state index is 11.7. The first-order valence-corrected chi connectivity index (χ1v) is 7.31. The molecule has 0 atom stereocenters. The van der Waals surface area contributed by atoms with Crippen molar-refractivity contribution >= 4 is 11.9 Å². The summed E-state index contributed by atoms with van der Waals surface area (Å²) < 4.78 is 0. The van der Waals surface area contributed by atoms with Gasteiger partial charge in [0.25, 0.3) is 0 Å². The number of hydrogen-bond donors (Lipinski definition) is 1. The first-order valence-electron chi connectivity index (χ1n) is 7.31. The topological polar surface area (TPSA) is 65.1 Å². The normalized spacial score (nSPS) is 20.6. The van der Waals surface area contributed by atoms with Gasteiger partial charge < -0.3 is 9.80 Å². The molecule has 0 saturated carbocycles. The fourth-order valence-corrected chi connectivity index (χ4v) is 2.85. The van der Waals surface area contributed by atoms with E-state index in [-0.39, 0.29) is 5.69 Å². The molecule has 0 aliphatic carbocycles. The largest absolute Gasteiger partial charge is 0.351 e. The van der Waals surface area contributed by atoms with Crippen molar-refractivity contribution < 1.29 is 0 Å². The van der Waals surface area contributed by atoms with Gasteiger partial charge in [-0.3, -0.25) is 4.98 Å². The molecule has 2 fully saturated rings. The first-order chi connectivity index (χ1) is 9.33. The molecule has 19 heavy (non-hydrogen) atoms. The molecule has 0 amide bonds. The Bertz CT molecular complexity index is 435. The van der Waals surface area contributed by atoms with E-state index in [2.05, 4.69) is 24.8 Å². The van der Waals surface area contributed by atoms with Crippen LogP contribution in [0.25, 0.3) is 0 Å². The molecule has 1 aromatic rings. The summed E-state index contributed by atoms with van der Waals surface area (Å²) in [6.07, 6.45) is 7.20. The maximum Gasteiger partial charge on any atom is 0.351 e. The van der Waals surface area contributed by atoms with Gasteiger partial charge >= 0.3 is 5.69 Å². The fraction of sp³-hybridized carbons (Fsp3) is 0.769. The Labute approximate surface area is 112 Å². The van der Waals surface area contributed by atoms with E-state index >= 15 is 0 Å². The van der Waals surface area contributed by atoms with Crippen LogP contribution in [0.5, 0.6) is 0 Å². The highest BCUT2D eigenvalue weighted by molar-refractivity contribution is 5.38. The third-order valence-electron chi connectivity index (χ3n) is 3.92. The van der Waals surface area contributed by atoms with E-state index in [1.54, 1.807) is 0 Å². The monoisotopic (exact) mass is 263 g/mol. The molecule has 1 N–H and O–H groups in total. The number of aromatic nitrogens is 3. The number of nitrogens with zero attached hydrogens (tertiary/aromatic N) is 4. The Morgan fingerprint density at radius 1 is 0.789 bits per heavy atom. The minimum atomic E-state index is -0.281. The Morgan fingerprint density at radius 2 is 1.37 bits per heavy atom. The molecular formula is C13H21N5O. The Hall–Kier alpha value is -1.59. The van der Waals surface area contributed by atoms with E-state index in [0.717, 1.165) is 39.0 Å². The van der Waals surface area contributed by atoms with Gasteiger partial charge in [0.1, 0.15) is 0 Å². The van der Waals surface area contributed by atoms with Gasteiger partial charge in [0.15, 0.2) is 0 Å². The van der Waals surface area contributed by atoms with E-state index in [0.29, 0.717) is 11.9 Å². The van der Waals surface area contributed by atoms with Crippen LogP contribution < -0.4 is 15.5 Å². The lowest BCUT2D eigenvalue weighted by atomic mass is 10.1. The highest BCUT2D eigenvalue weighted by Crippen LogP contribution is 2.18. The molecular weight excluding hydrogens is 242 g/mol. The molecule has 2 saturated heterocycles. The molecule has 3 heterocycles. The average molecular weight is 263 g/mol. The second-order valence-corrected chi connectivity index (χ2v) is 5.37. The lowest BCUT2D eigenvalue weighted by Crippen LogP contribution is -2.36. The van der Waals surface area contributed by atoms with E-state index in [1.807, 2.05) is 0 Å². The molecule has 0 bridgehead atoms. The van der Waals surface area contributed by atoms with Crippen molar-refractivity contribution in [1.29, 1.82) is 0 Å². The Morgan fingerprint density at radius 3 is 2.00 bits per heavy atom. The molecule has 1 aromatic heterocycles. The number of aromatic amines is 1. The summed E-state index contributed by atoms with van der Waals surface area (Å²) in [6, 6.07) is 0. The van der Waals surface area contributed by atoms with Crippen LogP contribution in [0, 0.1) is 0 Å². The van der Waals surface area contributed by atoms with Crippen LogP contribution in [-0.2, 0) is 0 Å². The zero-order valence-corrected chi connectivity index (χ0v) is 11.3. The lowest BCUT2D eigenvalue weighted by Gasteiger charge is -2.29. The van der Waals surface area contributed by atoms with E-state index < -0.39 is 0 Å². The van der Waals surface area contributed by atoms with Gasteiger partial charge in [0.05, 0.1) is 0 Å². The highest BCUT2D eigenvalue weighted by Gasteiger charge is 2.18. The summed E-state index contributed by atoms with van der Waals surface area (Å²) in [7, 11) is 0. The van der Waals surface area contributed by atoms with Gasteiger partial charge in [-0.15, -0.1) is 0 Å². The van der Waals surface area contributed by atoms with Crippen LogP contribution in [0.2, 0.25) is 0 Å². The van der Waals surface area contributed by atoms with E-state index in [4.69, 9.17) is 0 Å². The van der Waals surface area contributed by atoms with Crippen LogP contribution in [0.3, 0.4) is 0 Å². The number of anilines is 2. The predicted molar refractivity (Wildman–Crippen MR) is 74.8 cm³/mol. The number of piperidine rings is 2. The summed E-state index contributed by atoms with van der Waals surface area (Å²) in [4.78, 5) is 27.4. The quantitative estimate of drug-likeness (QED) is 0.867. The second-order valence-electron chi connectivity index (χ2n) is 5.37. The van der Waals surface area contributed by atoms with Gasteiger partial charge in [0.2, 0.25) is 11.9 Å². The maximum atomic E-state index is 11.7. The Balaban J connectivity index is 1.84. The van der Waals surface area contributed by atoms with Crippen LogP contribution in [0.4, 0.5) is 11.9 Å². The van der Waals surface area contributed by atoms with Crippen molar-refractivity contribution in [2.75, 3.05) is 36.0 Å². The predicted octanol–water partition coefficient (Wildman–Crippen LogP) is 1.15. The van der Waals surface area contributed by atoms with Crippen LogP contribution >= 0.6 is 0 Å². The molecule has 0 spiro atoms. The van der Waals surface area contributed by atoms with Crippen molar-refractivity contribution in [2.24, 2.45) is 0 Å². The van der Waals surface area contributed by atoms with Crippen LogP contribution in [0.1, 0.15) is 38.5 Å². The third kappa shape index (κ3) is 2.88. The van der Waals surface area contributed by atoms with Crippen molar-refractivity contribution in [3.05, 3.63) is 10.5 Å². The lowest BCUT2D eigenvalue weighted by molar-refractivity contribution is 0.554. The van der Waals surface area contributed by atoms with Gasteiger partial charge in [-0.1, -0.05) is 0 Å². The van der Waals surface area contributed by atoms with Crippen LogP contribution in [-0.4, -0.2) is 41.1 Å². The van der Waals surface area contributed by atoms with Crippen molar-refractivity contribution in [2.45, 2.75) is 38.5 Å². The SMILES string of the molecule is O=c1nc(N2CCCCC2)nc(N2CCCCC2)[nH]1.